The van der Waals surface area contributed by atoms with Crippen molar-refractivity contribution in [2.24, 2.45) is 5.73 Å². The maximum absolute atomic E-state index is 12.0. The molecule has 2 N–H and O–H groups in total. The Morgan fingerprint density at radius 3 is 2.44 bits per heavy atom. The Bertz CT molecular complexity index is 271. The summed E-state index contributed by atoms with van der Waals surface area (Å²) < 4.78 is 4.94. The summed E-state index contributed by atoms with van der Waals surface area (Å²) >= 11 is 0. The summed E-state index contributed by atoms with van der Waals surface area (Å²) in [6, 6.07) is 0.175. The third-order valence-electron chi connectivity index (χ3n) is 4.10. The van der Waals surface area contributed by atoms with Gasteiger partial charge in [-0.25, -0.2) is 0 Å². The second-order valence-electron chi connectivity index (χ2n) is 5.36. The minimum atomic E-state index is -0.502. The van der Waals surface area contributed by atoms with Gasteiger partial charge in [-0.2, -0.15) is 0 Å². The number of nitrogens with zero attached hydrogens (tertiary/aromatic N) is 2. The van der Waals surface area contributed by atoms with Crippen molar-refractivity contribution >= 4 is 5.91 Å². The number of carbonyl (C=O) groups excluding carboxylic acids is 1. The molecule has 0 aromatic heterocycles. The fourth-order valence-electron chi connectivity index (χ4n) is 3.04. The molecule has 1 unspecified atom stereocenters. The van der Waals surface area contributed by atoms with Crippen molar-refractivity contribution in [2.45, 2.75) is 37.8 Å². The summed E-state index contributed by atoms with van der Waals surface area (Å²) in [7, 11) is 1.58. The quantitative estimate of drug-likeness (QED) is 0.771. The van der Waals surface area contributed by atoms with E-state index in [2.05, 4.69) is 4.90 Å². The van der Waals surface area contributed by atoms with Crippen LogP contribution in [0.4, 0.5) is 0 Å². The van der Waals surface area contributed by atoms with E-state index in [0.29, 0.717) is 12.6 Å². The maximum Gasteiger partial charge on any atom is 0.241 e. The van der Waals surface area contributed by atoms with Gasteiger partial charge in [-0.3, -0.25) is 4.79 Å². The Kier molecular flexibility index (Phi) is 4.97. The summed E-state index contributed by atoms with van der Waals surface area (Å²) in [6.07, 6.45) is 4.84. The SMILES string of the molecule is COCC(N)C(=O)N1CCC(N2CCCC2)CC1. The van der Waals surface area contributed by atoms with Crippen LogP contribution in [0.5, 0.6) is 0 Å². The van der Waals surface area contributed by atoms with Crippen molar-refractivity contribution in [3.8, 4) is 0 Å². The first-order chi connectivity index (χ1) is 8.72. The standard InChI is InChI=1S/C13H25N3O2/c1-18-10-12(14)13(17)16-8-4-11(5-9-16)15-6-2-3-7-15/h11-12H,2-10,14H2,1H3. The van der Waals surface area contributed by atoms with Gasteiger partial charge in [0.2, 0.25) is 5.91 Å². The second kappa shape index (κ2) is 6.50. The number of methoxy groups -OCH3 is 1. The fourth-order valence-corrected chi connectivity index (χ4v) is 3.04. The van der Waals surface area contributed by atoms with Gasteiger partial charge < -0.3 is 20.3 Å². The van der Waals surface area contributed by atoms with Crippen LogP contribution < -0.4 is 5.73 Å². The van der Waals surface area contributed by atoms with E-state index < -0.39 is 6.04 Å². The molecule has 18 heavy (non-hydrogen) atoms. The predicted octanol–water partition coefficient (Wildman–Crippen LogP) is 0.0469. The molecule has 0 aliphatic carbocycles. The number of likely N-dealkylation sites (tertiary alicyclic amines) is 2. The van der Waals surface area contributed by atoms with E-state index in [1.807, 2.05) is 4.90 Å². The Morgan fingerprint density at radius 2 is 1.89 bits per heavy atom. The van der Waals surface area contributed by atoms with Gasteiger partial charge in [0, 0.05) is 26.2 Å². The Labute approximate surface area is 109 Å². The molecule has 0 radical (unpaired) electrons. The fraction of sp³-hybridized carbons (Fsp3) is 0.923. The second-order valence-corrected chi connectivity index (χ2v) is 5.36. The lowest BCUT2D eigenvalue weighted by atomic mass is 10.0. The zero-order valence-corrected chi connectivity index (χ0v) is 11.3. The van der Waals surface area contributed by atoms with E-state index >= 15 is 0 Å². The van der Waals surface area contributed by atoms with Crippen LogP contribution >= 0.6 is 0 Å². The first-order valence-electron chi connectivity index (χ1n) is 6.99. The van der Waals surface area contributed by atoms with Crippen LogP contribution in [-0.4, -0.2) is 67.7 Å². The van der Waals surface area contributed by atoms with Crippen LogP contribution in [0.15, 0.2) is 0 Å². The van der Waals surface area contributed by atoms with E-state index in [9.17, 15) is 4.79 Å². The molecule has 2 saturated heterocycles. The molecular weight excluding hydrogens is 230 g/mol. The molecule has 2 fully saturated rings. The third-order valence-corrected chi connectivity index (χ3v) is 4.10. The van der Waals surface area contributed by atoms with Crippen LogP contribution in [0.3, 0.4) is 0 Å². The lowest BCUT2D eigenvalue weighted by molar-refractivity contribution is -0.135. The number of nitrogens with two attached hydrogens (primary N) is 1. The van der Waals surface area contributed by atoms with E-state index in [1.54, 1.807) is 7.11 Å². The van der Waals surface area contributed by atoms with Crippen LogP contribution in [0.25, 0.3) is 0 Å². The molecular formula is C13H25N3O2. The molecule has 0 aromatic rings. The summed E-state index contributed by atoms with van der Waals surface area (Å²) in [5, 5.41) is 0. The lowest BCUT2D eigenvalue weighted by Gasteiger charge is -2.37. The highest BCUT2D eigenvalue weighted by Crippen LogP contribution is 2.21. The average molecular weight is 255 g/mol. The zero-order chi connectivity index (χ0) is 13.0. The molecule has 0 aromatic carbocycles. The number of ether oxygens (including phenoxy) is 1. The maximum atomic E-state index is 12.0. The first kappa shape index (κ1) is 13.8. The predicted molar refractivity (Wildman–Crippen MR) is 70.3 cm³/mol. The summed E-state index contributed by atoms with van der Waals surface area (Å²) in [5.74, 6) is 0.0386. The van der Waals surface area contributed by atoms with Gasteiger partial charge in [-0.1, -0.05) is 0 Å². The number of hydrogen-bond acceptors (Lipinski definition) is 4. The minimum absolute atomic E-state index is 0.0386. The Hall–Kier alpha value is -0.650. The molecule has 104 valence electrons. The summed E-state index contributed by atoms with van der Waals surface area (Å²) in [5.41, 5.74) is 5.79. The van der Waals surface area contributed by atoms with Gasteiger partial charge in [0.1, 0.15) is 6.04 Å². The van der Waals surface area contributed by atoms with Crippen molar-refractivity contribution in [2.75, 3.05) is 39.9 Å². The van der Waals surface area contributed by atoms with Gasteiger partial charge in [0.05, 0.1) is 6.61 Å². The summed E-state index contributed by atoms with van der Waals surface area (Å²) in [4.78, 5) is 16.5. The number of amides is 1. The molecule has 5 nitrogen and oxygen atoms in total. The molecule has 2 heterocycles. The molecule has 2 rings (SSSR count). The Balaban J connectivity index is 1.77. The van der Waals surface area contributed by atoms with Gasteiger partial charge >= 0.3 is 0 Å². The highest BCUT2D eigenvalue weighted by molar-refractivity contribution is 5.81. The van der Waals surface area contributed by atoms with Crippen molar-refractivity contribution in [3.05, 3.63) is 0 Å². The lowest BCUT2D eigenvalue weighted by Crippen LogP contribution is -2.51. The Morgan fingerprint density at radius 1 is 1.28 bits per heavy atom. The van der Waals surface area contributed by atoms with E-state index in [4.69, 9.17) is 10.5 Å². The topological polar surface area (TPSA) is 58.8 Å². The van der Waals surface area contributed by atoms with Crippen molar-refractivity contribution in [1.82, 2.24) is 9.80 Å². The van der Waals surface area contributed by atoms with Gasteiger partial charge in [0.25, 0.3) is 0 Å². The molecule has 1 amide bonds. The summed E-state index contributed by atoms with van der Waals surface area (Å²) in [6.45, 7) is 4.48. The normalized spacial score (nSPS) is 24.4. The number of hydrogen-bond donors (Lipinski definition) is 1. The molecule has 2 aliphatic heterocycles. The average Bonchev–Trinajstić information content (AvgIpc) is 2.92. The molecule has 5 heteroatoms. The van der Waals surface area contributed by atoms with Crippen molar-refractivity contribution < 1.29 is 9.53 Å². The molecule has 0 spiro atoms. The monoisotopic (exact) mass is 255 g/mol. The van der Waals surface area contributed by atoms with Gasteiger partial charge in [-0.05, 0) is 38.8 Å². The molecule has 0 bridgehead atoms. The van der Waals surface area contributed by atoms with Crippen LogP contribution in [0.2, 0.25) is 0 Å². The highest BCUT2D eigenvalue weighted by Gasteiger charge is 2.29. The first-order valence-corrected chi connectivity index (χ1v) is 6.99. The molecule has 2 aliphatic rings. The number of piperidine rings is 1. The highest BCUT2D eigenvalue weighted by atomic mass is 16.5. The van der Waals surface area contributed by atoms with Crippen LogP contribution in [-0.2, 0) is 9.53 Å². The van der Waals surface area contributed by atoms with Gasteiger partial charge in [0.15, 0.2) is 0 Å². The van der Waals surface area contributed by atoms with Crippen molar-refractivity contribution in [3.63, 3.8) is 0 Å². The number of carbonyl (C=O) groups is 1. The third kappa shape index (κ3) is 3.22. The van der Waals surface area contributed by atoms with Gasteiger partial charge in [-0.15, -0.1) is 0 Å². The van der Waals surface area contributed by atoms with Crippen LogP contribution in [0, 0.1) is 0 Å². The van der Waals surface area contributed by atoms with E-state index in [-0.39, 0.29) is 5.91 Å². The molecule has 0 saturated carbocycles. The number of rotatable bonds is 4. The van der Waals surface area contributed by atoms with Crippen LogP contribution in [0.1, 0.15) is 25.7 Å². The smallest absolute Gasteiger partial charge is 0.241 e. The largest absolute Gasteiger partial charge is 0.383 e. The van der Waals surface area contributed by atoms with E-state index in [1.165, 1.54) is 25.9 Å². The van der Waals surface area contributed by atoms with E-state index in [0.717, 1.165) is 25.9 Å². The minimum Gasteiger partial charge on any atom is -0.383 e. The zero-order valence-electron chi connectivity index (χ0n) is 11.3. The molecule has 1 atom stereocenters. The van der Waals surface area contributed by atoms with Crippen molar-refractivity contribution in [1.29, 1.82) is 0 Å².